The average molecular weight is 302 g/mol. The maximum absolute atomic E-state index is 13.7. The van der Waals surface area contributed by atoms with E-state index in [9.17, 15) is 27.2 Å². The second-order valence-electron chi connectivity index (χ2n) is 4.55. The van der Waals surface area contributed by atoms with Gasteiger partial charge in [-0.25, -0.2) is 8.78 Å². The molecular formula is C14H10F4O3. The molecule has 3 nitrogen and oxygen atoms in total. The second kappa shape index (κ2) is 5.67. The summed E-state index contributed by atoms with van der Waals surface area (Å²) in [5.74, 6) is -10.1. The zero-order chi connectivity index (χ0) is 15.7. The number of ketones is 2. The highest BCUT2D eigenvalue weighted by atomic mass is 19.2. The predicted molar refractivity (Wildman–Crippen MR) is 63.8 cm³/mol. The van der Waals surface area contributed by atoms with Crippen molar-refractivity contribution in [3.63, 3.8) is 0 Å². The molecule has 0 aliphatic heterocycles. The van der Waals surface area contributed by atoms with Crippen molar-refractivity contribution in [1.29, 1.82) is 0 Å². The molecule has 112 valence electrons. The number of carbonyl (C=O) groups excluding carboxylic acids is 2. The number of carbonyl (C=O) groups is 2. The summed E-state index contributed by atoms with van der Waals surface area (Å²) in [7, 11) is 0. The predicted octanol–water partition coefficient (Wildman–Crippen LogP) is 3.46. The molecule has 0 saturated carbocycles. The first-order valence-corrected chi connectivity index (χ1v) is 6.11. The number of hydrogen-bond donors (Lipinski definition) is 0. The van der Waals surface area contributed by atoms with Crippen LogP contribution in [0, 0.1) is 23.3 Å². The van der Waals surface area contributed by atoms with Gasteiger partial charge in [0.1, 0.15) is 5.76 Å². The van der Waals surface area contributed by atoms with Gasteiger partial charge < -0.3 is 4.74 Å². The third kappa shape index (κ3) is 2.81. The average Bonchev–Trinajstić information content (AvgIpc) is 2.41. The highest BCUT2D eigenvalue weighted by molar-refractivity contribution is 5.95. The van der Waals surface area contributed by atoms with Gasteiger partial charge in [0.2, 0.25) is 17.4 Å². The Hall–Kier alpha value is -2.18. The highest BCUT2D eigenvalue weighted by Gasteiger charge is 2.29. The van der Waals surface area contributed by atoms with Crippen LogP contribution in [0.15, 0.2) is 11.8 Å². The first kappa shape index (κ1) is 15.2. The Balaban J connectivity index is 2.50. The summed E-state index contributed by atoms with van der Waals surface area (Å²) in [6, 6.07) is 0. The van der Waals surface area contributed by atoms with Gasteiger partial charge in [-0.05, 0) is 13.3 Å². The van der Waals surface area contributed by atoms with E-state index in [2.05, 4.69) is 0 Å². The van der Waals surface area contributed by atoms with Gasteiger partial charge >= 0.3 is 0 Å². The van der Waals surface area contributed by atoms with Crippen LogP contribution in [0.4, 0.5) is 17.6 Å². The minimum atomic E-state index is -1.82. The summed E-state index contributed by atoms with van der Waals surface area (Å²) in [4.78, 5) is 22.2. The SMILES string of the molecule is CC(=O)c1c(F)c(F)c(OC2=CC(=O)CCC2)c(F)c1F. The van der Waals surface area contributed by atoms with E-state index in [1.807, 2.05) is 0 Å². The minimum absolute atomic E-state index is 0.0848. The van der Waals surface area contributed by atoms with E-state index in [0.717, 1.165) is 13.0 Å². The minimum Gasteiger partial charge on any atom is -0.455 e. The van der Waals surface area contributed by atoms with Gasteiger partial charge in [-0.15, -0.1) is 0 Å². The van der Waals surface area contributed by atoms with Crippen LogP contribution < -0.4 is 4.74 Å². The van der Waals surface area contributed by atoms with Crippen LogP contribution in [-0.4, -0.2) is 11.6 Å². The van der Waals surface area contributed by atoms with Crippen molar-refractivity contribution in [3.8, 4) is 5.75 Å². The monoisotopic (exact) mass is 302 g/mol. The number of rotatable bonds is 3. The lowest BCUT2D eigenvalue weighted by atomic mass is 10.0. The first-order valence-electron chi connectivity index (χ1n) is 6.11. The molecule has 1 aromatic rings. The highest BCUT2D eigenvalue weighted by Crippen LogP contribution is 2.32. The van der Waals surface area contributed by atoms with Gasteiger partial charge in [-0.1, -0.05) is 0 Å². The Bertz CT molecular complexity index is 636. The molecule has 0 saturated heterocycles. The van der Waals surface area contributed by atoms with Gasteiger partial charge in [0, 0.05) is 18.9 Å². The molecule has 7 heteroatoms. The molecule has 2 rings (SSSR count). The molecule has 0 fully saturated rings. The molecule has 1 aromatic carbocycles. The van der Waals surface area contributed by atoms with Crippen molar-refractivity contribution in [2.75, 3.05) is 0 Å². The summed E-state index contributed by atoms with van der Waals surface area (Å²) < 4.78 is 59.5. The standard InChI is InChI=1S/C14H10F4O3/c1-6(19)9-10(15)12(17)14(13(18)11(9)16)21-8-4-2-3-7(20)5-8/h5H,2-4H2,1H3. The van der Waals surface area contributed by atoms with E-state index in [4.69, 9.17) is 4.74 Å². The third-order valence-corrected chi connectivity index (χ3v) is 2.98. The van der Waals surface area contributed by atoms with E-state index < -0.39 is 40.4 Å². The topological polar surface area (TPSA) is 43.4 Å². The maximum atomic E-state index is 13.7. The van der Waals surface area contributed by atoms with E-state index in [1.54, 1.807) is 0 Å². The summed E-state index contributed by atoms with van der Waals surface area (Å²) in [6.07, 6.45) is 1.91. The largest absolute Gasteiger partial charge is 0.455 e. The van der Waals surface area contributed by atoms with Crippen LogP contribution in [0.2, 0.25) is 0 Å². The maximum Gasteiger partial charge on any atom is 0.205 e. The molecule has 0 atom stereocenters. The van der Waals surface area contributed by atoms with Crippen molar-refractivity contribution in [2.45, 2.75) is 26.2 Å². The fraction of sp³-hybridized carbons (Fsp3) is 0.286. The van der Waals surface area contributed by atoms with Crippen LogP contribution in [0.1, 0.15) is 36.5 Å². The number of hydrogen-bond acceptors (Lipinski definition) is 3. The van der Waals surface area contributed by atoms with Gasteiger partial charge in [0.05, 0.1) is 5.56 Å². The molecule has 0 N–H and O–H groups in total. The van der Waals surface area contributed by atoms with Crippen LogP contribution >= 0.6 is 0 Å². The van der Waals surface area contributed by atoms with Gasteiger partial charge in [-0.2, -0.15) is 8.78 Å². The molecule has 0 radical (unpaired) electrons. The molecule has 1 aliphatic carbocycles. The molecule has 0 bridgehead atoms. The summed E-state index contributed by atoms with van der Waals surface area (Å²) >= 11 is 0. The van der Waals surface area contributed by atoms with Crippen LogP contribution in [0.25, 0.3) is 0 Å². The molecule has 0 amide bonds. The summed E-state index contributed by atoms with van der Waals surface area (Å²) in [6.45, 7) is 0.781. The molecule has 0 heterocycles. The fourth-order valence-electron chi connectivity index (χ4n) is 1.98. The van der Waals surface area contributed by atoms with Gasteiger partial charge in [-0.3, -0.25) is 9.59 Å². The molecule has 0 aromatic heterocycles. The van der Waals surface area contributed by atoms with Gasteiger partial charge in [0.15, 0.2) is 23.2 Å². The first-order chi connectivity index (χ1) is 9.82. The van der Waals surface area contributed by atoms with E-state index in [-0.39, 0.29) is 24.4 Å². The molecule has 21 heavy (non-hydrogen) atoms. The number of halogens is 4. The Kier molecular flexibility index (Phi) is 4.11. The number of benzene rings is 1. The Morgan fingerprint density at radius 3 is 2.10 bits per heavy atom. The van der Waals surface area contributed by atoms with Crippen molar-refractivity contribution < 1.29 is 31.9 Å². The zero-order valence-corrected chi connectivity index (χ0v) is 10.9. The molecule has 0 unspecified atom stereocenters. The van der Waals surface area contributed by atoms with Crippen molar-refractivity contribution in [1.82, 2.24) is 0 Å². The van der Waals surface area contributed by atoms with Crippen LogP contribution in [-0.2, 0) is 4.79 Å². The Morgan fingerprint density at radius 1 is 1.05 bits per heavy atom. The Labute approximate surface area is 117 Å². The lowest BCUT2D eigenvalue weighted by molar-refractivity contribution is -0.115. The van der Waals surface area contributed by atoms with Crippen molar-refractivity contribution in [2.24, 2.45) is 0 Å². The lowest BCUT2D eigenvalue weighted by Gasteiger charge is -2.15. The Morgan fingerprint density at radius 2 is 1.62 bits per heavy atom. The third-order valence-electron chi connectivity index (χ3n) is 2.98. The van der Waals surface area contributed by atoms with E-state index in [1.165, 1.54) is 0 Å². The normalized spacial score (nSPS) is 14.9. The summed E-state index contributed by atoms with van der Waals surface area (Å²) in [5, 5.41) is 0. The van der Waals surface area contributed by atoms with E-state index in [0.29, 0.717) is 6.42 Å². The van der Waals surface area contributed by atoms with Crippen LogP contribution in [0.3, 0.4) is 0 Å². The summed E-state index contributed by atoms with van der Waals surface area (Å²) in [5.41, 5.74) is -1.30. The van der Waals surface area contributed by atoms with Crippen LogP contribution in [0.5, 0.6) is 5.75 Å². The van der Waals surface area contributed by atoms with E-state index >= 15 is 0 Å². The number of allylic oxidation sites excluding steroid dienone is 2. The van der Waals surface area contributed by atoms with Crippen molar-refractivity contribution >= 4 is 11.6 Å². The molecule has 1 aliphatic rings. The molecule has 0 spiro atoms. The second-order valence-corrected chi connectivity index (χ2v) is 4.55. The van der Waals surface area contributed by atoms with Crippen molar-refractivity contribution in [3.05, 3.63) is 40.7 Å². The number of ether oxygens (including phenoxy) is 1. The lowest BCUT2D eigenvalue weighted by Crippen LogP contribution is -2.13. The zero-order valence-electron chi connectivity index (χ0n) is 10.9. The molecular weight excluding hydrogens is 292 g/mol. The fourth-order valence-corrected chi connectivity index (χ4v) is 1.98. The number of Topliss-reactive ketones (excluding diaryl/α,β-unsaturated/α-hetero) is 1. The van der Waals surface area contributed by atoms with Gasteiger partial charge in [0.25, 0.3) is 0 Å². The smallest absolute Gasteiger partial charge is 0.205 e. The quantitative estimate of drug-likeness (QED) is 0.488.